The van der Waals surface area contributed by atoms with Gasteiger partial charge in [0.05, 0.1) is 12.7 Å². The molecule has 4 heteroatoms. The molecule has 1 amide bonds. The first-order valence-electron chi connectivity index (χ1n) is 7.45. The molecule has 2 aliphatic heterocycles. The van der Waals surface area contributed by atoms with Crippen LogP contribution in [0.3, 0.4) is 0 Å². The van der Waals surface area contributed by atoms with Crippen LogP contribution in [0.25, 0.3) is 0 Å². The fourth-order valence-corrected chi connectivity index (χ4v) is 3.37. The molecule has 0 radical (unpaired) electrons. The number of fused-ring (bicyclic) bond motifs is 1. The minimum Gasteiger partial charge on any atom is -0.496 e. The number of nitrogens with one attached hydrogen (secondary N) is 1. The molecule has 1 aromatic rings. The predicted octanol–water partition coefficient (Wildman–Crippen LogP) is 1.91. The summed E-state index contributed by atoms with van der Waals surface area (Å²) >= 11 is 0. The molecule has 3 rings (SSSR count). The molecule has 20 heavy (non-hydrogen) atoms. The predicted molar refractivity (Wildman–Crippen MR) is 78.0 cm³/mol. The van der Waals surface area contributed by atoms with E-state index in [2.05, 4.69) is 5.32 Å². The van der Waals surface area contributed by atoms with E-state index in [9.17, 15) is 4.79 Å². The number of nitrogens with zero attached hydrogens (tertiary/aromatic N) is 1. The Balaban J connectivity index is 1.75. The van der Waals surface area contributed by atoms with Crippen molar-refractivity contribution in [2.75, 3.05) is 26.7 Å². The molecule has 108 valence electrons. The first-order chi connectivity index (χ1) is 9.79. The summed E-state index contributed by atoms with van der Waals surface area (Å²) in [7, 11) is 1.61. The topological polar surface area (TPSA) is 41.6 Å². The summed E-state index contributed by atoms with van der Waals surface area (Å²) in [6.45, 7) is 2.77. The Morgan fingerprint density at radius 3 is 3.00 bits per heavy atom. The van der Waals surface area contributed by atoms with Gasteiger partial charge in [-0.3, -0.25) is 4.79 Å². The van der Waals surface area contributed by atoms with E-state index in [-0.39, 0.29) is 5.91 Å². The maximum absolute atomic E-state index is 12.7. The van der Waals surface area contributed by atoms with Crippen LogP contribution in [0, 0.1) is 5.92 Å². The standard InChI is InChI=1S/C16H22N2O2/c1-20-15-8-3-2-7-13(15)16(19)18-10-12-6-4-5-9-17-14(12)11-18/h2-3,7-8,12,14,17H,4-6,9-11H2,1H3/t12-,14+/m1/s1. The molecule has 0 bridgehead atoms. The van der Waals surface area contributed by atoms with Gasteiger partial charge in [0.25, 0.3) is 5.91 Å². The minimum absolute atomic E-state index is 0.0947. The molecule has 4 nitrogen and oxygen atoms in total. The van der Waals surface area contributed by atoms with Crippen LogP contribution in [-0.2, 0) is 0 Å². The number of ether oxygens (including phenoxy) is 1. The molecular formula is C16H22N2O2. The summed E-state index contributed by atoms with van der Waals surface area (Å²) in [5, 5.41) is 3.58. The highest BCUT2D eigenvalue weighted by Gasteiger charge is 2.36. The van der Waals surface area contributed by atoms with Crippen molar-refractivity contribution in [2.24, 2.45) is 5.92 Å². The van der Waals surface area contributed by atoms with Gasteiger partial charge in [0.2, 0.25) is 0 Å². The number of carbonyl (C=O) groups is 1. The second-order valence-corrected chi connectivity index (χ2v) is 5.73. The molecule has 0 aromatic heterocycles. The lowest BCUT2D eigenvalue weighted by atomic mass is 9.99. The summed E-state index contributed by atoms with van der Waals surface area (Å²) in [5.74, 6) is 1.37. The zero-order chi connectivity index (χ0) is 13.9. The molecule has 2 aliphatic rings. The summed E-state index contributed by atoms with van der Waals surface area (Å²) in [6.07, 6.45) is 3.76. The number of likely N-dealkylation sites (tertiary alicyclic amines) is 1. The molecule has 2 saturated heterocycles. The summed E-state index contributed by atoms with van der Waals surface area (Å²) < 4.78 is 5.30. The zero-order valence-corrected chi connectivity index (χ0v) is 12.0. The third kappa shape index (κ3) is 2.52. The monoisotopic (exact) mass is 274 g/mol. The quantitative estimate of drug-likeness (QED) is 0.895. The molecule has 0 spiro atoms. The van der Waals surface area contributed by atoms with E-state index in [1.54, 1.807) is 7.11 Å². The van der Waals surface area contributed by atoms with Gasteiger partial charge in [0, 0.05) is 19.1 Å². The van der Waals surface area contributed by atoms with E-state index in [0.29, 0.717) is 23.3 Å². The third-order valence-corrected chi connectivity index (χ3v) is 4.47. The van der Waals surface area contributed by atoms with Crippen LogP contribution in [0.15, 0.2) is 24.3 Å². The fourth-order valence-electron chi connectivity index (χ4n) is 3.37. The molecule has 0 aliphatic carbocycles. The van der Waals surface area contributed by atoms with Gasteiger partial charge in [-0.25, -0.2) is 0 Å². The maximum Gasteiger partial charge on any atom is 0.257 e. The minimum atomic E-state index is 0.0947. The van der Waals surface area contributed by atoms with Gasteiger partial charge in [0.1, 0.15) is 5.75 Å². The van der Waals surface area contributed by atoms with Gasteiger partial charge in [-0.1, -0.05) is 18.6 Å². The van der Waals surface area contributed by atoms with Crippen LogP contribution in [0.5, 0.6) is 5.75 Å². The summed E-state index contributed by atoms with van der Waals surface area (Å²) in [4.78, 5) is 14.7. The van der Waals surface area contributed by atoms with Crippen molar-refractivity contribution in [3.63, 3.8) is 0 Å². The SMILES string of the molecule is COc1ccccc1C(=O)N1C[C@H]2CCCCN[C@H]2C1. The number of hydrogen-bond acceptors (Lipinski definition) is 3. The van der Waals surface area contributed by atoms with E-state index in [0.717, 1.165) is 19.6 Å². The average Bonchev–Trinajstić information content (AvgIpc) is 2.77. The Kier molecular flexibility index (Phi) is 3.92. The second kappa shape index (κ2) is 5.83. The van der Waals surface area contributed by atoms with Crippen molar-refractivity contribution in [3.05, 3.63) is 29.8 Å². The number of para-hydroxylation sites is 1. The smallest absolute Gasteiger partial charge is 0.257 e. The van der Waals surface area contributed by atoms with Crippen molar-refractivity contribution in [1.82, 2.24) is 10.2 Å². The van der Waals surface area contributed by atoms with E-state index < -0.39 is 0 Å². The lowest BCUT2D eigenvalue weighted by Gasteiger charge is -2.18. The highest BCUT2D eigenvalue weighted by Crippen LogP contribution is 2.28. The van der Waals surface area contributed by atoms with Crippen molar-refractivity contribution < 1.29 is 9.53 Å². The molecule has 1 N–H and O–H groups in total. The van der Waals surface area contributed by atoms with E-state index in [1.165, 1.54) is 19.3 Å². The van der Waals surface area contributed by atoms with Crippen LogP contribution >= 0.6 is 0 Å². The largest absolute Gasteiger partial charge is 0.496 e. The van der Waals surface area contributed by atoms with Gasteiger partial charge < -0.3 is 15.0 Å². The number of hydrogen-bond donors (Lipinski definition) is 1. The van der Waals surface area contributed by atoms with Crippen LogP contribution in [0.4, 0.5) is 0 Å². The molecule has 2 heterocycles. The fraction of sp³-hybridized carbons (Fsp3) is 0.562. The number of amides is 1. The van der Waals surface area contributed by atoms with Crippen molar-refractivity contribution in [2.45, 2.75) is 25.3 Å². The van der Waals surface area contributed by atoms with Crippen LogP contribution in [0.2, 0.25) is 0 Å². The number of methoxy groups -OCH3 is 1. The molecule has 2 fully saturated rings. The Morgan fingerprint density at radius 1 is 1.30 bits per heavy atom. The Bertz CT molecular complexity index is 475. The molecule has 0 unspecified atom stereocenters. The van der Waals surface area contributed by atoms with Crippen molar-refractivity contribution >= 4 is 5.91 Å². The highest BCUT2D eigenvalue weighted by atomic mass is 16.5. The van der Waals surface area contributed by atoms with Gasteiger partial charge in [-0.2, -0.15) is 0 Å². The lowest BCUT2D eigenvalue weighted by molar-refractivity contribution is 0.0780. The van der Waals surface area contributed by atoms with E-state index in [4.69, 9.17) is 4.74 Å². The van der Waals surface area contributed by atoms with E-state index >= 15 is 0 Å². The first kappa shape index (κ1) is 13.4. The van der Waals surface area contributed by atoms with Crippen molar-refractivity contribution in [3.8, 4) is 5.75 Å². The normalized spacial score (nSPS) is 25.9. The van der Waals surface area contributed by atoms with E-state index in [1.807, 2.05) is 29.2 Å². The first-order valence-corrected chi connectivity index (χ1v) is 7.45. The third-order valence-electron chi connectivity index (χ3n) is 4.47. The summed E-state index contributed by atoms with van der Waals surface area (Å²) in [6, 6.07) is 7.95. The Hall–Kier alpha value is -1.55. The zero-order valence-electron chi connectivity index (χ0n) is 12.0. The van der Waals surface area contributed by atoms with Gasteiger partial charge in [0.15, 0.2) is 0 Å². The molecule has 2 atom stereocenters. The van der Waals surface area contributed by atoms with Crippen LogP contribution in [0.1, 0.15) is 29.6 Å². The molecule has 1 aromatic carbocycles. The molecular weight excluding hydrogens is 252 g/mol. The van der Waals surface area contributed by atoms with Crippen molar-refractivity contribution in [1.29, 1.82) is 0 Å². The Labute approximate surface area is 120 Å². The lowest BCUT2D eigenvalue weighted by Crippen LogP contribution is -2.36. The maximum atomic E-state index is 12.7. The number of benzene rings is 1. The van der Waals surface area contributed by atoms with Gasteiger partial charge in [-0.15, -0.1) is 0 Å². The number of carbonyl (C=O) groups excluding carboxylic acids is 1. The van der Waals surface area contributed by atoms with Crippen LogP contribution in [-0.4, -0.2) is 43.6 Å². The summed E-state index contributed by atoms with van der Waals surface area (Å²) in [5.41, 5.74) is 0.673. The van der Waals surface area contributed by atoms with Crippen LogP contribution < -0.4 is 10.1 Å². The highest BCUT2D eigenvalue weighted by molar-refractivity contribution is 5.97. The second-order valence-electron chi connectivity index (χ2n) is 5.73. The van der Waals surface area contributed by atoms with Gasteiger partial charge in [-0.05, 0) is 37.4 Å². The Morgan fingerprint density at radius 2 is 2.15 bits per heavy atom. The average molecular weight is 274 g/mol. The molecule has 0 saturated carbocycles. The van der Waals surface area contributed by atoms with Gasteiger partial charge >= 0.3 is 0 Å². The number of rotatable bonds is 2.